The monoisotopic (exact) mass is 276 g/mol. The van der Waals surface area contributed by atoms with Crippen LogP contribution in [0.25, 0.3) is 0 Å². The maximum absolute atomic E-state index is 11.9. The standard InChI is InChI=1S/C12H24N2O3S/c1-8(2)9(3)14(4)12(17)13-10(11(15)16)6-7-18-5/h8-10H,6-7H2,1-5H3,(H,13,17)(H,15,16). The zero-order valence-electron chi connectivity index (χ0n) is 11.8. The number of carbonyl (C=O) groups excluding carboxylic acids is 1. The van der Waals surface area contributed by atoms with E-state index in [9.17, 15) is 9.59 Å². The second-order valence-electron chi connectivity index (χ2n) is 4.72. The average Bonchev–Trinajstić information content (AvgIpc) is 2.31. The number of hydrogen-bond acceptors (Lipinski definition) is 3. The summed E-state index contributed by atoms with van der Waals surface area (Å²) < 4.78 is 0. The highest BCUT2D eigenvalue weighted by Crippen LogP contribution is 2.09. The third-order valence-corrected chi connectivity index (χ3v) is 3.75. The van der Waals surface area contributed by atoms with E-state index in [4.69, 9.17) is 5.11 Å². The molecule has 0 aliphatic rings. The van der Waals surface area contributed by atoms with Crippen LogP contribution in [0.1, 0.15) is 27.2 Å². The first-order valence-electron chi connectivity index (χ1n) is 6.06. The summed E-state index contributed by atoms with van der Waals surface area (Å²) in [4.78, 5) is 24.5. The molecule has 6 heteroatoms. The van der Waals surface area contributed by atoms with Gasteiger partial charge in [-0.15, -0.1) is 0 Å². The number of carboxylic acid groups (broad SMARTS) is 1. The molecule has 0 rings (SSSR count). The van der Waals surface area contributed by atoms with Crippen molar-refractivity contribution in [2.75, 3.05) is 19.1 Å². The van der Waals surface area contributed by atoms with Gasteiger partial charge in [-0.1, -0.05) is 13.8 Å². The lowest BCUT2D eigenvalue weighted by molar-refractivity contribution is -0.139. The van der Waals surface area contributed by atoms with Crippen LogP contribution in [0.2, 0.25) is 0 Å². The Morgan fingerprint density at radius 1 is 1.33 bits per heavy atom. The number of aliphatic carboxylic acids is 1. The molecule has 2 unspecified atom stereocenters. The number of rotatable bonds is 7. The SMILES string of the molecule is CSCCC(NC(=O)N(C)C(C)C(C)C)C(=O)O. The molecule has 0 radical (unpaired) electrons. The fourth-order valence-corrected chi connectivity index (χ4v) is 1.85. The molecule has 18 heavy (non-hydrogen) atoms. The van der Waals surface area contributed by atoms with Crippen LogP contribution in [-0.2, 0) is 4.79 Å². The van der Waals surface area contributed by atoms with Crippen molar-refractivity contribution in [2.24, 2.45) is 5.92 Å². The summed E-state index contributed by atoms with van der Waals surface area (Å²) >= 11 is 1.57. The molecule has 0 aliphatic heterocycles. The number of nitrogens with one attached hydrogen (secondary N) is 1. The summed E-state index contributed by atoms with van der Waals surface area (Å²) in [6.45, 7) is 6.00. The van der Waals surface area contributed by atoms with Crippen molar-refractivity contribution in [1.29, 1.82) is 0 Å². The van der Waals surface area contributed by atoms with Gasteiger partial charge in [-0.25, -0.2) is 9.59 Å². The highest BCUT2D eigenvalue weighted by atomic mass is 32.2. The van der Waals surface area contributed by atoms with Crippen molar-refractivity contribution in [3.63, 3.8) is 0 Å². The molecule has 0 fully saturated rings. The minimum Gasteiger partial charge on any atom is -0.480 e. The van der Waals surface area contributed by atoms with Crippen molar-refractivity contribution >= 4 is 23.8 Å². The number of urea groups is 1. The molecule has 0 bridgehead atoms. The van der Waals surface area contributed by atoms with Gasteiger partial charge in [0.15, 0.2) is 0 Å². The second-order valence-corrected chi connectivity index (χ2v) is 5.70. The molecule has 2 atom stereocenters. The Kier molecular flexibility index (Phi) is 7.82. The van der Waals surface area contributed by atoms with Gasteiger partial charge in [0.25, 0.3) is 0 Å². The van der Waals surface area contributed by atoms with Crippen molar-refractivity contribution < 1.29 is 14.7 Å². The zero-order valence-corrected chi connectivity index (χ0v) is 12.6. The average molecular weight is 276 g/mol. The number of amides is 2. The van der Waals surface area contributed by atoms with E-state index in [1.54, 1.807) is 23.7 Å². The van der Waals surface area contributed by atoms with Gasteiger partial charge >= 0.3 is 12.0 Å². The largest absolute Gasteiger partial charge is 0.480 e. The predicted molar refractivity (Wildman–Crippen MR) is 75.0 cm³/mol. The van der Waals surface area contributed by atoms with E-state index in [-0.39, 0.29) is 12.1 Å². The molecule has 0 aromatic rings. The fraction of sp³-hybridized carbons (Fsp3) is 0.833. The molecule has 106 valence electrons. The first kappa shape index (κ1) is 17.1. The Hall–Kier alpha value is -0.910. The maximum atomic E-state index is 11.9. The highest BCUT2D eigenvalue weighted by Gasteiger charge is 2.24. The minimum absolute atomic E-state index is 0.0694. The van der Waals surface area contributed by atoms with Gasteiger partial charge in [0.1, 0.15) is 6.04 Å². The summed E-state index contributed by atoms with van der Waals surface area (Å²) in [5.41, 5.74) is 0. The third-order valence-electron chi connectivity index (χ3n) is 3.10. The molecule has 0 heterocycles. The summed E-state index contributed by atoms with van der Waals surface area (Å²) in [6, 6.07) is -1.07. The molecule has 0 saturated carbocycles. The first-order valence-corrected chi connectivity index (χ1v) is 7.45. The fourth-order valence-electron chi connectivity index (χ4n) is 1.38. The van der Waals surface area contributed by atoms with Crippen molar-refractivity contribution in [2.45, 2.75) is 39.3 Å². The normalized spacial score (nSPS) is 14.1. The Balaban J connectivity index is 4.45. The lowest BCUT2D eigenvalue weighted by atomic mass is 10.1. The predicted octanol–water partition coefficient (Wildman–Crippen LogP) is 1.88. The Morgan fingerprint density at radius 2 is 1.89 bits per heavy atom. The molecule has 2 N–H and O–H groups in total. The summed E-state index contributed by atoms with van der Waals surface area (Å²) in [6.07, 6.45) is 2.35. The van der Waals surface area contributed by atoms with E-state index < -0.39 is 12.0 Å². The van der Waals surface area contributed by atoms with E-state index >= 15 is 0 Å². The minimum atomic E-state index is -0.983. The molecular weight excluding hydrogens is 252 g/mol. The van der Waals surface area contributed by atoms with Crippen LogP contribution in [0, 0.1) is 5.92 Å². The quantitative estimate of drug-likeness (QED) is 0.745. The van der Waals surface area contributed by atoms with Gasteiger partial charge in [-0.2, -0.15) is 11.8 Å². The van der Waals surface area contributed by atoms with E-state index in [0.717, 1.165) is 0 Å². The molecule has 0 saturated heterocycles. The number of thioether (sulfide) groups is 1. The summed E-state index contributed by atoms with van der Waals surface area (Å²) in [5, 5.41) is 11.6. The Labute approximate surface area is 113 Å². The van der Waals surface area contributed by atoms with E-state index in [0.29, 0.717) is 18.1 Å². The van der Waals surface area contributed by atoms with Gasteiger partial charge < -0.3 is 15.3 Å². The van der Waals surface area contributed by atoms with Crippen LogP contribution in [0.3, 0.4) is 0 Å². The topological polar surface area (TPSA) is 69.6 Å². The summed E-state index contributed by atoms with van der Waals surface area (Å²) in [7, 11) is 1.69. The molecule has 0 aliphatic carbocycles. The van der Waals surface area contributed by atoms with E-state index in [1.807, 2.05) is 27.0 Å². The molecule has 5 nitrogen and oxygen atoms in total. The molecule has 0 aromatic carbocycles. The van der Waals surface area contributed by atoms with Crippen LogP contribution >= 0.6 is 11.8 Å². The van der Waals surface area contributed by atoms with Gasteiger partial charge in [-0.05, 0) is 31.3 Å². The van der Waals surface area contributed by atoms with Gasteiger partial charge in [-0.3, -0.25) is 0 Å². The van der Waals surface area contributed by atoms with E-state index in [1.165, 1.54) is 0 Å². The van der Waals surface area contributed by atoms with Crippen LogP contribution in [-0.4, -0.2) is 53.1 Å². The number of carbonyl (C=O) groups is 2. The second kappa shape index (κ2) is 8.24. The number of nitrogens with zero attached hydrogens (tertiary/aromatic N) is 1. The third kappa shape index (κ3) is 5.62. The van der Waals surface area contributed by atoms with Crippen molar-refractivity contribution in [3.8, 4) is 0 Å². The summed E-state index contributed by atoms with van der Waals surface area (Å²) in [5.74, 6) is 0.0546. The van der Waals surface area contributed by atoms with Crippen LogP contribution in [0.4, 0.5) is 4.79 Å². The van der Waals surface area contributed by atoms with Crippen molar-refractivity contribution in [3.05, 3.63) is 0 Å². The molecular formula is C12H24N2O3S. The van der Waals surface area contributed by atoms with Crippen LogP contribution < -0.4 is 5.32 Å². The number of carboxylic acids is 1. The maximum Gasteiger partial charge on any atom is 0.326 e. The molecule has 2 amide bonds. The van der Waals surface area contributed by atoms with Gasteiger partial charge in [0.05, 0.1) is 0 Å². The Bertz CT molecular complexity index is 284. The highest BCUT2D eigenvalue weighted by molar-refractivity contribution is 7.98. The first-order chi connectivity index (χ1) is 8.31. The lowest BCUT2D eigenvalue weighted by Crippen LogP contribution is -2.50. The van der Waals surface area contributed by atoms with Gasteiger partial charge in [0.2, 0.25) is 0 Å². The lowest BCUT2D eigenvalue weighted by Gasteiger charge is -2.29. The van der Waals surface area contributed by atoms with Crippen molar-refractivity contribution in [1.82, 2.24) is 10.2 Å². The van der Waals surface area contributed by atoms with Crippen LogP contribution in [0.5, 0.6) is 0 Å². The zero-order chi connectivity index (χ0) is 14.3. The Morgan fingerprint density at radius 3 is 2.28 bits per heavy atom. The van der Waals surface area contributed by atoms with E-state index in [2.05, 4.69) is 5.32 Å². The smallest absolute Gasteiger partial charge is 0.326 e. The van der Waals surface area contributed by atoms with Crippen LogP contribution in [0.15, 0.2) is 0 Å². The molecule has 0 aromatic heterocycles. The molecule has 0 spiro atoms. The van der Waals surface area contributed by atoms with Gasteiger partial charge in [0, 0.05) is 13.1 Å². The number of hydrogen-bond donors (Lipinski definition) is 2.